The molecule has 1 aliphatic carbocycles. The molecule has 1 aromatic carbocycles. The van der Waals surface area contributed by atoms with Crippen LogP contribution in [0.5, 0.6) is 0 Å². The van der Waals surface area contributed by atoms with Crippen LogP contribution in [-0.2, 0) is 4.79 Å². The Morgan fingerprint density at radius 3 is 2.89 bits per heavy atom. The van der Waals surface area contributed by atoms with E-state index in [0.717, 1.165) is 37.1 Å². The number of amides is 1. The molecule has 0 aromatic heterocycles. The molecule has 1 atom stereocenters. The molecule has 1 fully saturated rings. The zero-order valence-electron chi connectivity index (χ0n) is 10.8. The average Bonchev–Trinajstić information content (AvgIpc) is 2.77. The van der Waals surface area contributed by atoms with Crippen molar-refractivity contribution in [1.82, 2.24) is 5.32 Å². The van der Waals surface area contributed by atoms with Crippen LogP contribution in [0.3, 0.4) is 0 Å². The molecule has 0 spiro atoms. The lowest BCUT2D eigenvalue weighted by Gasteiger charge is -2.42. The highest BCUT2D eigenvalue weighted by molar-refractivity contribution is 5.88. The van der Waals surface area contributed by atoms with Crippen molar-refractivity contribution in [2.75, 3.05) is 11.9 Å². The number of nitrogens with one attached hydrogen (secondary N) is 2. The molecule has 3 heteroatoms. The van der Waals surface area contributed by atoms with Crippen LogP contribution in [0.25, 0.3) is 0 Å². The molecule has 1 heterocycles. The number of carbonyl (C=O) groups is 1. The van der Waals surface area contributed by atoms with Gasteiger partial charge in [0.1, 0.15) is 0 Å². The fourth-order valence-corrected chi connectivity index (χ4v) is 3.04. The fourth-order valence-electron chi connectivity index (χ4n) is 3.04. The quantitative estimate of drug-likeness (QED) is 0.858. The average molecular weight is 244 g/mol. The Balaban J connectivity index is 1.75. The van der Waals surface area contributed by atoms with Crippen molar-refractivity contribution < 1.29 is 4.79 Å². The maximum Gasteiger partial charge on any atom is 0.229 e. The standard InChI is InChI=1S/C15H20N2O/c1-2-15(8-5-9-15)17-14(18)12-10-16-13-7-4-3-6-11(12)13/h3-4,6-7,12,16H,2,5,8-10H2,1H3,(H,17,18). The lowest BCUT2D eigenvalue weighted by molar-refractivity contribution is -0.125. The van der Waals surface area contributed by atoms with Crippen LogP contribution in [0.2, 0.25) is 0 Å². The van der Waals surface area contributed by atoms with Gasteiger partial charge in [-0.25, -0.2) is 0 Å². The Kier molecular flexibility index (Phi) is 2.77. The summed E-state index contributed by atoms with van der Waals surface area (Å²) < 4.78 is 0. The summed E-state index contributed by atoms with van der Waals surface area (Å²) in [5.41, 5.74) is 2.34. The van der Waals surface area contributed by atoms with Gasteiger partial charge in [0.25, 0.3) is 0 Å². The second-order valence-corrected chi connectivity index (χ2v) is 5.50. The highest BCUT2D eigenvalue weighted by Gasteiger charge is 2.39. The largest absolute Gasteiger partial charge is 0.384 e. The first kappa shape index (κ1) is 11.6. The molecule has 1 aromatic rings. The number of para-hydroxylation sites is 1. The monoisotopic (exact) mass is 244 g/mol. The van der Waals surface area contributed by atoms with Crippen molar-refractivity contribution in [3.8, 4) is 0 Å². The van der Waals surface area contributed by atoms with E-state index in [1.54, 1.807) is 0 Å². The summed E-state index contributed by atoms with van der Waals surface area (Å²) >= 11 is 0. The fraction of sp³-hybridized carbons (Fsp3) is 0.533. The van der Waals surface area contributed by atoms with E-state index in [2.05, 4.69) is 23.6 Å². The second kappa shape index (κ2) is 4.30. The summed E-state index contributed by atoms with van der Waals surface area (Å²) in [4.78, 5) is 12.4. The first-order chi connectivity index (χ1) is 8.74. The SMILES string of the molecule is CCC1(NC(=O)C2CNc3ccccc32)CCC1. The summed E-state index contributed by atoms with van der Waals surface area (Å²) in [6.45, 7) is 2.89. The minimum atomic E-state index is -0.0229. The van der Waals surface area contributed by atoms with Crippen molar-refractivity contribution in [3.05, 3.63) is 29.8 Å². The number of fused-ring (bicyclic) bond motifs is 1. The van der Waals surface area contributed by atoms with Crippen molar-refractivity contribution in [2.45, 2.75) is 44.1 Å². The van der Waals surface area contributed by atoms with E-state index in [-0.39, 0.29) is 17.4 Å². The van der Waals surface area contributed by atoms with Gasteiger partial charge in [0.2, 0.25) is 5.91 Å². The van der Waals surface area contributed by atoms with Crippen LogP contribution in [0.15, 0.2) is 24.3 Å². The molecule has 96 valence electrons. The predicted octanol–water partition coefficient (Wildman–Crippen LogP) is 2.64. The van der Waals surface area contributed by atoms with Gasteiger partial charge in [-0.1, -0.05) is 25.1 Å². The number of carbonyl (C=O) groups excluding carboxylic acids is 1. The van der Waals surface area contributed by atoms with Gasteiger partial charge in [0.05, 0.1) is 5.92 Å². The number of anilines is 1. The van der Waals surface area contributed by atoms with Gasteiger partial charge in [-0.05, 0) is 37.3 Å². The molecule has 3 nitrogen and oxygen atoms in total. The molecule has 3 rings (SSSR count). The van der Waals surface area contributed by atoms with Crippen LogP contribution >= 0.6 is 0 Å². The smallest absolute Gasteiger partial charge is 0.229 e. The molecule has 2 aliphatic rings. The van der Waals surface area contributed by atoms with Crippen LogP contribution in [0, 0.1) is 0 Å². The van der Waals surface area contributed by atoms with Crippen LogP contribution in [-0.4, -0.2) is 18.0 Å². The van der Waals surface area contributed by atoms with Gasteiger partial charge < -0.3 is 10.6 Å². The van der Waals surface area contributed by atoms with Gasteiger partial charge in [-0.3, -0.25) is 4.79 Å². The van der Waals surface area contributed by atoms with Crippen molar-refractivity contribution in [2.24, 2.45) is 0 Å². The Morgan fingerprint density at radius 2 is 2.22 bits per heavy atom. The third kappa shape index (κ3) is 1.78. The minimum Gasteiger partial charge on any atom is -0.384 e. The molecule has 1 saturated carbocycles. The van der Waals surface area contributed by atoms with E-state index >= 15 is 0 Å². The van der Waals surface area contributed by atoms with Crippen molar-refractivity contribution >= 4 is 11.6 Å². The van der Waals surface area contributed by atoms with Gasteiger partial charge in [0.15, 0.2) is 0 Å². The van der Waals surface area contributed by atoms with Crippen LogP contribution in [0.1, 0.15) is 44.1 Å². The summed E-state index contributed by atoms with van der Waals surface area (Å²) in [6, 6.07) is 8.11. The van der Waals surface area contributed by atoms with Gasteiger partial charge >= 0.3 is 0 Å². The van der Waals surface area contributed by atoms with E-state index < -0.39 is 0 Å². The van der Waals surface area contributed by atoms with Gasteiger partial charge in [-0.15, -0.1) is 0 Å². The molecular formula is C15H20N2O. The summed E-state index contributed by atoms with van der Waals surface area (Å²) in [5.74, 6) is 0.166. The molecule has 0 bridgehead atoms. The number of benzene rings is 1. The summed E-state index contributed by atoms with van der Waals surface area (Å²) in [5, 5.41) is 6.59. The zero-order valence-corrected chi connectivity index (χ0v) is 10.8. The molecule has 1 aliphatic heterocycles. The molecule has 1 unspecified atom stereocenters. The van der Waals surface area contributed by atoms with E-state index in [1.165, 1.54) is 6.42 Å². The van der Waals surface area contributed by atoms with Crippen LogP contribution < -0.4 is 10.6 Å². The first-order valence-electron chi connectivity index (χ1n) is 6.89. The Morgan fingerprint density at radius 1 is 1.44 bits per heavy atom. The lowest BCUT2D eigenvalue weighted by atomic mass is 9.74. The topological polar surface area (TPSA) is 41.1 Å². The Labute approximate surface area is 108 Å². The van der Waals surface area contributed by atoms with E-state index in [1.807, 2.05) is 18.2 Å². The van der Waals surface area contributed by atoms with Gasteiger partial charge in [0, 0.05) is 17.8 Å². The highest BCUT2D eigenvalue weighted by Crippen LogP contribution is 2.37. The van der Waals surface area contributed by atoms with E-state index in [9.17, 15) is 4.79 Å². The van der Waals surface area contributed by atoms with Crippen molar-refractivity contribution in [3.63, 3.8) is 0 Å². The lowest BCUT2D eigenvalue weighted by Crippen LogP contribution is -2.54. The third-order valence-corrected chi connectivity index (χ3v) is 4.53. The summed E-state index contributed by atoms with van der Waals surface area (Å²) in [6.07, 6.45) is 4.56. The summed E-state index contributed by atoms with van der Waals surface area (Å²) in [7, 11) is 0. The number of hydrogen-bond donors (Lipinski definition) is 2. The third-order valence-electron chi connectivity index (χ3n) is 4.53. The van der Waals surface area contributed by atoms with Gasteiger partial charge in [-0.2, -0.15) is 0 Å². The molecule has 0 saturated heterocycles. The number of hydrogen-bond acceptors (Lipinski definition) is 2. The van der Waals surface area contributed by atoms with E-state index in [0.29, 0.717) is 0 Å². The van der Waals surface area contributed by atoms with Crippen LogP contribution in [0.4, 0.5) is 5.69 Å². The Bertz CT molecular complexity index is 460. The molecular weight excluding hydrogens is 224 g/mol. The molecule has 1 amide bonds. The molecule has 0 radical (unpaired) electrons. The second-order valence-electron chi connectivity index (χ2n) is 5.50. The molecule has 18 heavy (non-hydrogen) atoms. The maximum absolute atomic E-state index is 12.4. The maximum atomic E-state index is 12.4. The first-order valence-corrected chi connectivity index (χ1v) is 6.89. The highest BCUT2D eigenvalue weighted by atomic mass is 16.2. The molecule has 2 N–H and O–H groups in total. The predicted molar refractivity (Wildman–Crippen MR) is 72.7 cm³/mol. The Hall–Kier alpha value is -1.51. The zero-order chi connectivity index (χ0) is 12.6. The van der Waals surface area contributed by atoms with Crippen molar-refractivity contribution in [1.29, 1.82) is 0 Å². The number of rotatable bonds is 3. The minimum absolute atomic E-state index is 0.0229. The van der Waals surface area contributed by atoms with E-state index in [4.69, 9.17) is 0 Å². The normalized spacial score (nSPS) is 23.7.